The molecule has 0 amide bonds. The second-order valence-corrected chi connectivity index (χ2v) is 5.02. The topological polar surface area (TPSA) is 38.0 Å². The molecule has 0 aromatic rings. The lowest BCUT2D eigenvalue weighted by Crippen LogP contribution is -2.39. The van der Waals surface area contributed by atoms with Gasteiger partial charge in [0.1, 0.15) is 0 Å². The van der Waals surface area contributed by atoms with E-state index < -0.39 is 0 Å². The molecule has 0 aliphatic carbocycles. The molecule has 0 fully saturated rings. The van der Waals surface area contributed by atoms with Gasteiger partial charge in [0, 0.05) is 12.1 Å². The van der Waals surface area contributed by atoms with Crippen molar-refractivity contribution in [3.8, 4) is 0 Å². The zero-order valence-electron chi connectivity index (χ0n) is 9.85. The summed E-state index contributed by atoms with van der Waals surface area (Å²) in [5.41, 5.74) is 6.27. The van der Waals surface area contributed by atoms with E-state index in [1.165, 1.54) is 6.42 Å². The van der Waals surface area contributed by atoms with Gasteiger partial charge in [0.2, 0.25) is 0 Å². The molecule has 0 heterocycles. The van der Waals surface area contributed by atoms with Gasteiger partial charge in [-0.3, -0.25) is 0 Å². The van der Waals surface area contributed by atoms with Crippen LogP contribution in [0.4, 0.5) is 0 Å². The standard InChI is InChI=1S/C11H26N2/c1-6-9(2)13-8-7-10(12)11(3,4)5/h9-10,13H,6-8,12H2,1-5H3. The van der Waals surface area contributed by atoms with Crippen molar-refractivity contribution in [1.29, 1.82) is 0 Å². The quantitative estimate of drug-likeness (QED) is 0.690. The summed E-state index contributed by atoms with van der Waals surface area (Å²) < 4.78 is 0. The lowest BCUT2D eigenvalue weighted by molar-refractivity contribution is 0.299. The van der Waals surface area contributed by atoms with Crippen molar-refractivity contribution in [1.82, 2.24) is 5.32 Å². The maximum atomic E-state index is 6.04. The van der Waals surface area contributed by atoms with Crippen LogP contribution in [0, 0.1) is 5.41 Å². The van der Waals surface area contributed by atoms with E-state index in [4.69, 9.17) is 5.73 Å². The first-order valence-corrected chi connectivity index (χ1v) is 5.37. The van der Waals surface area contributed by atoms with Crippen LogP contribution >= 0.6 is 0 Å². The summed E-state index contributed by atoms with van der Waals surface area (Å²) in [6, 6.07) is 0.913. The molecular formula is C11H26N2. The molecule has 3 N–H and O–H groups in total. The summed E-state index contributed by atoms with van der Waals surface area (Å²) in [7, 11) is 0. The van der Waals surface area contributed by atoms with Crippen molar-refractivity contribution in [3.05, 3.63) is 0 Å². The van der Waals surface area contributed by atoms with E-state index in [1.54, 1.807) is 0 Å². The Labute approximate surface area is 83.3 Å². The number of nitrogens with two attached hydrogens (primary N) is 1. The molecule has 0 bridgehead atoms. The van der Waals surface area contributed by atoms with Crippen LogP contribution < -0.4 is 11.1 Å². The molecule has 0 saturated carbocycles. The molecule has 0 aromatic carbocycles. The highest BCUT2D eigenvalue weighted by atomic mass is 14.9. The Balaban J connectivity index is 3.54. The Morgan fingerprint density at radius 3 is 2.23 bits per heavy atom. The van der Waals surface area contributed by atoms with E-state index in [9.17, 15) is 0 Å². The van der Waals surface area contributed by atoms with Crippen molar-refractivity contribution >= 4 is 0 Å². The first-order valence-electron chi connectivity index (χ1n) is 5.37. The molecule has 80 valence electrons. The first-order chi connectivity index (χ1) is 5.88. The molecule has 0 rings (SSSR count). The van der Waals surface area contributed by atoms with Crippen LogP contribution in [0.1, 0.15) is 47.5 Å². The minimum Gasteiger partial charge on any atom is -0.327 e. The zero-order chi connectivity index (χ0) is 10.5. The molecule has 0 aliphatic rings. The smallest absolute Gasteiger partial charge is 0.00997 e. The van der Waals surface area contributed by atoms with Gasteiger partial charge in [-0.15, -0.1) is 0 Å². The van der Waals surface area contributed by atoms with Crippen LogP contribution in [-0.2, 0) is 0 Å². The fourth-order valence-electron chi connectivity index (χ4n) is 1.06. The highest BCUT2D eigenvalue weighted by Crippen LogP contribution is 2.19. The van der Waals surface area contributed by atoms with Gasteiger partial charge in [0.05, 0.1) is 0 Å². The number of rotatable bonds is 5. The van der Waals surface area contributed by atoms with Crippen LogP contribution in [-0.4, -0.2) is 18.6 Å². The maximum Gasteiger partial charge on any atom is 0.00997 e. The Bertz CT molecular complexity index is 127. The molecule has 0 aliphatic heterocycles. The fourth-order valence-corrected chi connectivity index (χ4v) is 1.06. The maximum absolute atomic E-state index is 6.04. The second kappa shape index (κ2) is 5.61. The van der Waals surface area contributed by atoms with E-state index >= 15 is 0 Å². The van der Waals surface area contributed by atoms with Gasteiger partial charge in [-0.2, -0.15) is 0 Å². The average molecular weight is 186 g/mol. The lowest BCUT2D eigenvalue weighted by Gasteiger charge is -2.27. The molecule has 0 saturated heterocycles. The van der Waals surface area contributed by atoms with Crippen LogP contribution in [0.15, 0.2) is 0 Å². The summed E-state index contributed by atoms with van der Waals surface area (Å²) in [6.45, 7) is 12.0. The summed E-state index contributed by atoms with van der Waals surface area (Å²) in [5, 5.41) is 3.46. The van der Waals surface area contributed by atoms with E-state index in [0.29, 0.717) is 12.1 Å². The van der Waals surface area contributed by atoms with Crippen molar-refractivity contribution in [3.63, 3.8) is 0 Å². The van der Waals surface area contributed by atoms with Crippen LogP contribution in [0.3, 0.4) is 0 Å². The van der Waals surface area contributed by atoms with Crippen molar-refractivity contribution in [2.24, 2.45) is 11.1 Å². The molecule has 0 aromatic heterocycles. The van der Waals surface area contributed by atoms with Crippen molar-refractivity contribution in [2.75, 3.05) is 6.54 Å². The van der Waals surface area contributed by atoms with E-state index in [0.717, 1.165) is 13.0 Å². The van der Waals surface area contributed by atoms with Gasteiger partial charge in [-0.05, 0) is 31.7 Å². The van der Waals surface area contributed by atoms with Gasteiger partial charge in [0.25, 0.3) is 0 Å². The zero-order valence-corrected chi connectivity index (χ0v) is 9.85. The van der Waals surface area contributed by atoms with Gasteiger partial charge >= 0.3 is 0 Å². The lowest BCUT2D eigenvalue weighted by atomic mass is 9.85. The molecule has 0 radical (unpaired) electrons. The Hall–Kier alpha value is -0.0800. The minimum absolute atomic E-state index is 0.233. The monoisotopic (exact) mass is 186 g/mol. The van der Waals surface area contributed by atoms with E-state index in [2.05, 4.69) is 39.9 Å². The van der Waals surface area contributed by atoms with Gasteiger partial charge in [0.15, 0.2) is 0 Å². The summed E-state index contributed by atoms with van der Waals surface area (Å²) in [6.07, 6.45) is 2.25. The molecule has 13 heavy (non-hydrogen) atoms. The summed E-state index contributed by atoms with van der Waals surface area (Å²) in [4.78, 5) is 0. The number of hydrogen-bond donors (Lipinski definition) is 2. The van der Waals surface area contributed by atoms with Gasteiger partial charge < -0.3 is 11.1 Å². The third-order valence-corrected chi connectivity index (χ3v) is 2.67. The molecule has 2 heteroatoms. The Morgan fingerprint density at radius 1 is 1.31 bits per heavy atom. The Kier molecular flexibility index (Phi) is 5.57. The molecule has 2 unspecified atom stereocenters. The second-order valence-electron chi connectivity index (χ2n) is 5.02. The van der Waals surface area contributed by atoms with Crippen LogP contribution in [0.5, 0.6) is 0 Å². The summed E-state index contributed by atoms with van der Waals surface area (Å²) >= 11 is 0. The molecule has 0 spiro atoms. The predicted octanol–water partition coefficient (Wildman–Crippen LogP) is 2.14. The normalized spacial score (nSPS) is 17.1. The molecule has 2 nitrogen and oxygen atoms in total. The van der Waals surface area contributed by atoms with Crippen molar-refractivity contribution < 1.29 is 0 Å². The molecular weight excluding hydrogens is 160 g/mol. The minimum atomic E-state index is 0.233. The highest BCUT2D eigenvalue weighted by Gasteiger charge is 2.19. The van der Waals surface area contributed by atoms with Crippen molar-refractivity contribution in [2.45, 2.75) is 59.5 Å². The van der Waals surface area contributed by atoms with Gasteiger partial charge in [-0.25, -0.2) is 0 Å². The number of hydrogen-bond acceptors (Lipinski definition) is 2. The summed E-state index contributed by atoms with van der Waals surface area (Å²) in [5.74, 6) is 0. The third kappa shape index (κ3) is 6.05. The first kappa shape index (κ1) is 12.9. The SMILES string of the molecule is CCC(C)NCCC(N)C(C)(C)C. The third-order valence-electron chi connectivity index (χ3n) is 2.67. The van der Waals surface area contributed by atoms with Crippen LogP contribution in [0.25, 0.3) is 0 Å². The van der Waals surface area contributed by atoms with Crippen LogP contribution in [0.2, 0.25) is 0 Å². The van der Waals surface area contributed by atoms with E-state index in [1.807, 2.05) is 0 Å². The number of nitrogens with one attached hydrogen (secondary N) is 1. The highest BCUT2D eigenvalue weighted by molar-refractivity contribution is 4.77. The van der Waals surface area contributed by atoms with Gasteiger partial charge in [-0.1, -0.05) is 27.7 Å². The van der Waals surface area contributed by atoms with E-state index in [-0.39, 0.29) is 5.41 Å². The average Bonchev–Trinajstić information content (AvgIpc) is 2.02. The Morgan fingerprint density at radius 2 is 1.85 bits per heavy atom. The molecule has 2 atom stereocenters. The fraction of sp³-hybridized carbons (Fsp3) is 1.00. The predicted molar refractivity (Wildman–Crippen MR) is 59.8 cm³/mol. The largest absolute Gasteiger partial charge is 0.327 e.